The van der Waals surface area contributed by atoms with Crippen LogP contribution in [0.2, 0.25) is 0 Å². The van der Waals surface area contributed by atoms with Crippen molar-refractivity contribution >= 4 is 22.4 Å². The molecule has 0 radical (unpaired) electrons. The molecule has 0 saturated carbocycles. The van der Waals surface area contributed by atoms with Crippen LogP contribution in [0.4, 0.5) is 5.13 Å². The summed E-state index contributed by atoms with van der Waals surface area (Å²) >= 11 is 1.39. The molecule has 0 aliphatic heterocycles. The van der Waals surface area contributed by atoms with E-state index in [4.69, 9.17) is 0 Å². The van der Waals surface area contributed by atoms with Crippen molar-refractivity contribution in [1.29, 1.82) is 0 Å². The summed E-state index contributed by atoms with van der Waals surface area (Å²) in [6.07, 6.45) is 0.247. The van der Waals surface area contributed by atoms with Gasteiger partial charge in [-0.05, 0) is 20.8 Å². The molecule has 7 heteroatoms. The van der Waals surface area contributed by atoms with Gasteiger partial charge in [-0.3, -0.25) is 9.36 Å². The third-order valence-electron chi connectivity index (χ3n) is 2.91. The molecule has 2 rings (SSSR count). The molecular weight excluding hydrogens is 264 g/mol. The highest BCUT2D eigenvalue weighted by molar-refractivity contribution is 7.13. The molecule has 0 aliphatic carbocycles. The van der Waals surface area contributed by atoms with Crippen molar-refractivity contribution in [3.8, 4) is 0 Å². The van der Waals surface area contributed by atoms with Crippen LogP contribution in [0.1, 0.15) is 23.5 Å². The number of amides is 1. The Bertz CT molecular complexity index is 653. The van der Waals surface area contributed by atoms with E-state index in [1.807, 2.05) is 26.2 Å². The second-order valence-corrected chi connectivity index (χ2v) is 5.24. The van der Waals surface area contributed by atoms with Crippen LogP contribution < -0.4 is 11.0 Å². The van der Waals surface area contributed by atoms with Crippen molar-refractivity contribution in [3.63, 3.8) is 0 Å². The molecule has 0 spiro atoms. The second-order valence-electron chi connectivity index (χ2n) is 4.38. The van der Waals surface area contributed by atoms with Gasteiger partial charge in [0, 0.05) is 29.7 Å². The zero-order valence-electron chi connectivity index (χ0n) is 11.1. The number of nitrogens with zero attached hydrogens (tertiary/aromatic N) is 2. The van der Waals surface area contributed by atoms with E-state index < -0.39 is 0 Å². The summed E-state index contributed by atoms with van der Waals surface area (Å²) in [4.78, 5) is 30.2. The van der Waals surface area contributed by atoms with Crippen LogP contribution in [-0.2, 0) is 11.3 Å². The number of carbonyl (C=O) groups is 1. The lowest BCUT2D eigenvalue weighted by Crippen LogP contribution is -2.22. The Morgan fingerprint density at radius 3 is 2.74 bits per heavy atom. The van der Waals surface area contributed by atoms with E-state index in [0.717, 1.165) is 17.1 Å². The van der Waals surface area contributed by atoms with Gasteiger partial charge in [0.1, 0.15) is 0 Å². The molecule has 6 nitrogen and oxygen atoms in total. The largest absolute Gasteiger partial charge is 0.325 e. The van der Waals surface area contributed by atoms with Crippen molar-refractivity contribution < 1.29 is 4.79 Å². The molecule has 0 aromatic carbocycles. The number of aryl methyl sites for hydroxylation is 2. The molecule has 0 unspecified atom stereocenters. The molecule has 2 heterocycles. The molecule has 1 amide bonds. The molecule has 0 saturated heterocycles. The molecule has 2 aromatic heterocycles. The molecule has 2 N–H and O–H groups in total. The highest BCUT2D eigenvalue weighted by atomic mass is 32.1. The SMILES string of the molecule is Cc1csc(NC(=O)CCn2c(C)c(C)[nH]c2=O)n1. The number of thiazole rings is 1. The molecule has 0 aliphatic rings. The fourth-order valence-electron chi connectivity index (χ4n) is 1.75. The maximum absolute atomic E-state index is 11.8. The lowest BCUT2D eigenvalue weighted by molar-refractivity contribution is -0.116. The Labute approximate surface area is 114 Å². The van der Waals surface area contributed by atoms with Crippen LogP contribution in [-0.4, -0.2) is 20.4 Å². The maximum Gasteiger partial charge on any atom is 0.325 e. The summed E-state index contributed by atoms with van der Waals surface area (Å²) in [5.41, 5.74) is 2.41. The van der Waals surface area contributed by atoms with Crippen molar-refractivity contribution in [2.75, 3.05) is 5.32 Å². The lowest BCUT2D eigenvalue weighted by atomic mass is 10.3. The van der Waals surface area contributed by atoms with Crippen molar-refractivity contribution in [3.05, 3.63) is 32.9 Å². The van der Waals surface area contributed by atoms with Gasteiger partial charge in [-0.1, -0.05) is 0 Å². The minimum absolute atomic E-state index is 0.139. The fraction of sp³-hybridized carbons (Fsp3) is 0.417. The highest BCUT2D eigenvalue weighted by Gasteiger charge is 2.10. The number of aromatic amines is 1. The quantitative estimate of drug-likeness (QED) is 0.892. The lowest BCUT2D eigenvalue weighted by Gasteiger charge is -2.04. The summed E-state index contributed by atoms with van der Waals surface area (Å²) in [6, 6.07) is 0. The maximum atomic E-state index is 11.8. The van der Waals surface area contributed by atoms with E-state index in [1.165, 1.54) is 11.3 Å². The Kier molecular flexibility index (Phi) is 3.84. The minimum atomic E-state index is -0.173. The summed E-state index contributed by atoms with van der Waals surface area (Å²) in [7, 11) is 0. The zero-order chi connectivity index (χ0) is 14.0. The predicted molar refractivity (Wildman–Crippen MR) is 74.6 cm³/mol. The molecule has 0 atom stereocenters. The zero-order valence-corrected chi connectivity index (χ0v) is 11.9. The second kappa shape index (κ2) is 5.40. The van der Waals surface area contributed by atoms with Crippen LogP contribution in [0.15, 0.2) is 10.2 Å². The van der Waals surface area contributed by atoms with Gasteiger partial charge in [0.15, 0.2) is 5.13 Å². The first-order valence-corrected chi connectivity index (χ1v) is 6.83. The van der Waals surface area contributed by atoms with Gasteiger partial charge < -0.3 is 10.3 Å². The van der Waals surface area contributed by atoms with Gasteiger partial charge in [-0.2, -0.15) is 0 Å². The van der Waals surface area contributed by atoms with E-state index in [0.29, 0.717) is 11.7 Å². The van der Waals surface area contributed by atoms with Crippen LogP contribution >= 0.6 is 11.3 Å². The van der Waals surface area contributed by atoms with Gasteiger partial charge in [-0.15, -0.1) is 11.3 Å². The molecular formula is C12H16N4O2S. The van der Waals surface area contributed by atoms with Gasteiger partial charge in [0.05, 0.1) is 5.69 Å². The van der Waals surface area contributed by atoms with Crippen LogP contribution in [0.5, 0.6) is 0 Å². The number of imidazole rings is 1. The first-order valence-electron chi connectivity index (χ1n) is 5.95. The van der Waals surface area contributed by atoms with Crippen LogP contribution in [0.25, 0.3) is 0 Å². The highest BCUT2D eigenvalue weighted by Crippen LogP contribution is 2.14. The summed E-state index contributed by atoms with van der Waals surface area (Å²) in [5, 5.41) is 5.19. The number of aromatic nitrogens is 3. The topological polar surface area (TPSA) is 79.8 Å². The summed E-state index contributed by atoms with van der Waals surface area (Å²) in [6.45, 7) is 5.93. The first-order chi connectivity index (χ1) is 8.97. The van der Waals surface area contributed by atoms with Gasteiger partial charge in [-0.25, -0.2) is 9.78 Å². The summed E-state index contributed by atoms with van der Waals surface area (Å²) < 4.78 is 1.57. The van der Waals surface area contributed by atoms with E-state index in [-0.39, 0.29) is 18.0 Å². The fourth-order valence-corrected chi connectivity index (χ4v) is 2.45. The monoisotopic (exact) mass is 280 g/mol. The minimum Gasteiger partial charge on any atom is -0.310 e. The number of nitrogens with one attached hydrogen (secondary N) is 2. The van der Waals surface area contributed by atoms with E-state index >= 15 is 0 Å². The predicted octanol–water partition coefficient (Wildman–Crippen LogP) is 1.59. The average Bonchev–Trinajstić information content (AvgIpc) is 2.83. The average molecular weight is 280 g/mol. The smallest absolute Gasteiger partial charge is 0.310 e. The van der Waals surface area contributed by atoms with Gasteiger partial charge in [0.25, 0.3) is 0 Å². The number of anilines is 1. The molecule has 2 aromatic rings. The Balaban J connectivity index is 1.95. The van der Waals surface area contributed by atoms with Crippen LogP contribution in [0, 0.1) is 20.8 Å². The van der Waals surface area contributed by atoms with E-state index in [9.17, 15) is 9.59 Å². The first kappa shape index (κ1) is 13.5. The number of hydrogen-bond acceptors (Lipinski definition) is 4. The Morgan fingerprint density at radius 1 is 1.47 bits per heavy atom. The molecule has 19 heavy (non-hydrogen) atoms. The molecule has 102 valence electrons. The normalized spacial score (nSPS) is 10.7. The number of rotatable bonds is 4. The number of hydrogen-bond donors (Lipinski definition) is 2. The Morgan fingerprint density at radius 2 is 2.21 bits per heavy atom. The van der Waals surface area contributed by atoms with Crippen molar-refractivity contribution in [2.45, 2.75) is 33.7 Å². The Hall–Kier alpha value is -1.89. The number of H-pyrrole nitrogens is 1. The molecule has 0 bridgehead atoms. The van der Waals surface area contributed by atoms with Gasteiger partial charge >= 0.3 is 5.69 Å². The van der Waals surface area contributed by atoms with E-state index in [1.54, 1.807) is 4.57 Å². The third-order valence-corrected chi connectivity index (χ3v) is 3.79. The molecule has 0 fully saturated rings. The number of carbonyl (C=O) groups excluding carboxylic acids is 1. The van der Waals surface area contributed by atoms with Crippen molar-refractivity contribution in [1.82, 2.24) is 14.5 Å². The standard InChI is InChI=1S/C12H16N4O2S/c1-7-6-19-11(13-7)15-10(17)4-5-16-9(3)8(2)14-12(16)18/h6H,4-5H2,1-3H3,(H,14,18)(H,13,15,17). The van der Waals surface area contributed by atoms with Gasteiger partial charge in [0.2, 0.25) is 5.91 Å². The third kappa shape index (κ3) is 3.11. The van der Waals surface area contributed by atoms with Crippen LogP contribution in [0.3, 0.4) is 0 Å². The summed E-state index contributed by atoms with van der Waals surface area (Å²) in [5.74, 6) is -0.139. The van der Waals surface area contributed by atoms with E-state index in [2.05, 4.69) is 15.3 Å². The van der Waals surface area contributed by atoms with Crippen molar-refractivity contribution in [2.24, 2.45) is 0 Å².